The van der Waals surface area contributed by atoms with E-state index in [4.69, 9.17) is 17.3 Å². The average molecular weight is 293 g/mol. The summed E-state index contributed by atoms with van der Waals surface area (Å²) in [5.41, 5.74) is 1.000. The number of carbonyl (C=O) groups is 2. The molecule has 0 spiro atoms. The lowest BCUT2D eigenvalue weighted by Crippen LogP contribution is -2.27. The largest absolute Gasteiger partial charge is 0.478 e. The topological polar surface area (TPSA) is 57.6 Å². The van der Waals surface area contributed by atoms with Gasteiger partial charge in [0.2, 0.25) is 0 Å². The zero-order valence-corrected chi connectivity index (χ0v) is 11.8. The van der Waals surface area contributed by atoms with Gasteiger partial charge in [0, 0.05) is 6.54 Å². The number of carboxylic acids is 1. The standard InChI is InChI=1S/C13H11NO3S2/c1-2-14-11(15)10(19-13(14)18)7-8-3-5-9(6-4-8)12(16)17/h3-7H,2H2,1H3,(H,16,17)/b10-7-. The molecule has 0 unspecified atom stereocenters. The van der Waals surface area contributed by atoms with E-state index >= 15 is 0 Å². The maximum atomic E-state index is 12.0. The van der Waals surface area contributed by atoms with E-state index in [1.54, 1.807) is 18.2 Å². The molecule has 1 aromatic carbocycles. The van der Waals surface area contributed by atoms with Crippen molar-refractivity contribution in [1.29, 1.82) is 0 Å². The Morgan fingerprint density at radius 2 is 2.05 bits per heavy atom. The predicted octanol–water partition coefficient (Wildman–Crippen LogP) is 2.61. The fourth-order valence-electron chi connectivity index (χ4n) is 1.65. The molecule has 1 fully saturated rings. The summed E-state index contributed by atoms with van der Waals surface area (Å²) < 4.78 is 0.556. The molecule has 0 aliphatic carbocycles. The Morgan fingerprint density at radius 3 is 2.53 bits per heavy atom. The van der Waals surface area contributed by atoms with Crippen LogP contribution in [0.3, 0.4) is 0 Å². The number of thioether (sulfide) groups is 1. The molecule has 1 aromatic rings. The number of rotatable bonds is 3. The van der Waals surface area contributed by atoms with Crippen molar-refractivity contribution in [2.24, 2.45) is 0 Å². The molecule has 0 aromatic heterocycles. The lowest BCUT2D eigenvalue weighted by atomic mass is 10.1. The molecule has 19 heavy (non-hydrogen) atoms. The van der Waals surface area contributed by atoms with Gasteiger partial charge in [0.05, 0.1) is 10.5 Å². The smallest absolute Gasteiger partial charge is 0.335 e. The third-order valence-corrected chi connectivity index (χ3v) is 4.02. The van der Waals surface area contributed by atoms with Crippen LogP contribution < -0.4 is 0 Å². The average Bonchev–Trinajstić information content (AvgIpc) is 2.64. The predicted molar refractivity (Wildman–Crippen MR) is 79.0 cm³/mol. The first-order valence-electron chi connectivity index (χ1n) is 5.61. The molecule has 98 valence electrons. The number of thiocarbonyl (C=S) groups is 1. The van der Waals surface area contributed by atoms with Gasteiger partial charge >= 0.3 is 5.97 Å². The highest BCUT2D eigenvalue weighted by Crippen LogP contribution is 2.32. The van der Waals surface area contributed by atoms with Gasteiger partial charge in [-0.3, -0.25) is 9.69 Å². The van der Waals surface area contributed by atoms with Crippen molar-refractivity contribution in [3.8, 4) is 0 Å². The first-order valence-corrected chi connectivity index (χ1v) is 6.84. The molecule has 1 heterocycles. The van der Waals surface area contributed by atoms with Crippen LogP contribution >= 0.6 is 24.0 Å². The normalized spacial score (nSPS) is 17.3. The zero-order chi connectivity index (χ0) is 14.0. The quantitative estimate of drug-likeness (QED) is 0.686. The van der Waals surface area contributed by atoms with E-state index in [1.807, 2.05) is 6.92 Å². The summed E-state index contributed by atoms with van der Waals surface area (Å²) >= 11 is 6.38. The van der Waals surface area contributed by atoms with Crippen LogP contribution in [-0.2, 0) is 4.79 Å². The van der Waals surface area contributed by atoms with Crippen molar-refractivity contribution in [1.82, 2.24) is 4.90 Å². The molecule has 1 saturated heterocycles. The second-order valence-corrected chi connectivity index (χ2v) is 5.53. The molecular formula is C13H11NO3S2. The number of amides is 1. The summed E-state index contributed by atoms with van der Waals surface area (Å²) in [7, 11) is 0. The molecule has 0 saturated carbocycles. The number of carboxylic acid groups (broad SMARTS) is 1. The number of carbonyl (C=O) groups excluding carboxylic acids is 1. The molecule has 0 bridgehead atoms. The number of benzene rings is 1. The first kappa shape index (κ1) is 13.8. The van der Waals surface area contributed by atoms with Crippen LogP contribution in [0.5, 0.6) is 0 Å². The van der Waals surface area contributed by atoms with Crippen LogP contribution in [0, 0.1) is 0 Å². The molecule has 2 rings (SSSR count). The minimum absolute atomic E-state index is 0.0974. The van der Waals surface area contributed by atoms with E-state index in [-0.39, 0.29) is 11.5 Å². The van der Waals surface area contributed by atoms with Gasteiger partial charge < -0.3 is 5.11 Å². The monoisotopic (exact) mass is 293 g/mol. The summed E-state index contributed by atoms with van der Waals surface area (Å²) in [6, 6.07) is 6.35. The van der Waals surface area contributed by atoms with Gasteiger partial charge in [-0.05, 0) is 30.7 Å². The number of hydrogen-bond donors (Lipinski definition) is 1. The van der Waals surface area contributed by atoms with Crippen LogP contribution in [0.2, 0.25) is 0 Å². The van der Waals surface area contributed by atoms with Gasteiger partial charge in [-0.2, -0.15) is 0 Å². The fourth-order valence-corrected chi connectivity index (χ4v) is 3.03. The van der Waals surface area contributed by atoms with E-state index in [0.717, 1.165) is 5.56 Å². The SMILES string of the molecule is CCN1C(=O)/C(=C/c2ccc(C(=O)O)cc2)SC1=S. The fraction of sp³-hybridized carbons (Fsp3) is 0.154. The van der Waals surface area contributed by atoms with Crippen molar-refractivity contribution in [3.05, 3.63) is 40.3 Å². The van der Waals surface area contributed by atoms with Crippen molar-refractivity contribution >= 4 is 46.3 Å². The van der Waals surface area contributed by atoms with Crippen molar-refractivity contribution in [2.75, 3.05) is 6.54 Å². The Kier molecular flexibility index (Phi) is 4.01. The van der Waals surface area contributed by atoms with Gasteiger partial charge in [0.15, 0.2) is 0 Å². The number of hydrogen-bond acceptors (Lipinski definition) is 4. The van der Waals surface area contributed by atoms with E-state index in [9.17, 15) is 9.59 Å². The van der Waals surface area contributed by atoms with Gasteiger partial charge in [-0.25, -0.2) is 4.79 Å². The lowest BCUT2D eigenvalue weighted by molar-refractivity contribution is -0.121. The van der Waals surface area contributed by atoms with Crippen LogP contribution in [0.15, 0.2) is 29.2 Å². The van der Waals surface area contributed by atoms with Crippen LogP contribution in [0.1, 0.15) is 22.8 Å². The van der Waals surface area contributed by atoms with Gasteiger partial charge in [0.25, 0.3) is 5.91 Å². The Balaban J connectivity index is 2.25. The van der Waals surface area contributed by atoms with Gasteiger partial charge in [-0.1, -0.05) is 36.1 Å². The number of aromatic carboxylic acids is 1. The maximum Gasteiger partial charge on any atom is 0.335 e. The van der Waals surface area contributed by atoms with E-state index in [1.165, 1.54) is 28.8 Å². The summed E-state index contributed by atoms with van der Waals surface area (Å²) in [6.07, 6.45) is 1.72. The molecule has 1 aliphatic rings. The molecule has 1 N–H and O–H groups in total. The molecule has 4 nitrogen and oxygen atoms in total. The second-order valence-electron chi connectivity index (χ2n) is 3.85. The maximum absolute atomic E-state index is 12.0. The number of nitrogens with zero attached hydrogens (tertiary/aromatic N) is 1. The Morgan fingerprint density at radius 1 is 1.42 bits per heavy atom. The zero-order valence-electron chi connectivity index (χ0n) is 10.1. The molecule has 1 amide bonds. The van der Waals surface area contributed by atoms with E-state index < -0.39 is 5.97 Å². The van der Waals surface area contributed by atoms with E-state index in [2.05, 4.69) is 0 Å². The summed E-state index contributed by atoms with van der Waals surface area (Å²) in [5.74, 6) is -1.07. The van der Waals surface area contributed by atoms with Crippen LogP contribution in [-0.4, -0.2) is 32.7 Å². The van der Waals surface area contributed by atoms with Gasteiger partial charge in [-0.15, -0.1) is 0 Å². The highest BCUT2D eigenvalue weighted by molar-refractivity contribution is 8.26. The summed E-state index contributed by atoms with van der Waals surface area (Å²) in [5, 5.41) is 8.81. The minimum atomic E-state index is -0.969. The highest BCUT2D eigenvalue weighted by atomic mass is 32.2. The Labute approximate surface area is 120 Å². The Hall–Kier alpha value is -1.66. The van der Waals surface area contributed by atoms with Crippen LogP contribution in [0.4, 0.5) is 0 Å². The third kappa shape index (κ3) is 2.85. The minimum Gasteiger partial charge on any atom is -0.478 e. The molecule has 1 aliphatic heterocycles. The molecular weight excluding hydrogens is 282 g/mol. The van der Waals surface area contributed by atoms with E-state index in [0.29, 0.717) is 15.8 Å². The molecule has 0 radical (unpaired) electrons. The second kappa shape index (κ2) is 5.54. The van der Waals surface area contributed by atoms with Crippen molar-refractivity contribution in [3.63, 3.8) is 0 Å². The third-order valence-electron chi connectivity index (χ3n) is 2.65. The molecule has 6 heteroatoms. The first-order chi connectivity index (χ1) is 9.02. The van der Waals surface area contributed by atoms with Gasteiger partial charge in [0.1, 0.15) is 4.32 Å². The lowest BCUT2D eigenvalue weighted by Gasteiger charge is -2.09. The van der Waals surface area contributed by atoms with Crippen LogP contribution in [0.25, 0.3) is 6.08 Å². The summed E-state index contributed by atoms with van der Waals surface area (Å²) in [4.78, 5) is 24.8. The highest BCUT2D eigenvalue weighted by Gasteiger charge is 2.30. The van der Waals surface area contributed by atoms with Crippen molar-refractivity contribution < 1.29 is 14.7 Å². The molecule has 0 atom stereocenters. The Bertz CT molecular complexity index is 578. The van der Waals surface area contributed by atoms with Crippen molar-refractivity contribution in [2.45, 2.75) is 6.92 Å². The summed E-state index contributed by atoms with van der Waals surface area (Å²) in [6.45, 7) is 2.43. The number of likely N-dealkylation sites (N-methyl/N-ethyl adjacent to an activating group) is 1.